The van der Waals surface area contributed by atoms with Crippen molar-refractivity contribution in [2.75, 3.05) is 19.5 Å². The SMILES string of the molecule is COc1cc(OC)c(-c2cc(C(=O)Nc3c(F)cccc3F)[nH]n2)cn1.Cl. The number of anilines is 1. The summed E-state index contributed by atoms with van der Waals surface area (Å²) in [5.74, 6) is -1.70. The van der Waals surface area contributed by atoms with Crippen LogP contribution in [-0.2, 0) is 0 Å². The van der Waals surface area contributed by atoms with E-state index in [4.69, 9.17) is 9.47 Å². The average Bonchev–Trinajstić information content (AvgIpc) is 3.14. The number of H-pyrrole nitrogens is 1. The topological polar surface area (TPSA) is 89.1 Å². The molecule has 27 heavy (non-hydrogen) atoms. The van der Waals surface area contributed by atoms with Crippen LogP contribution in [0, 0.1) is 11.6 Å². The van der Waals surface area contributed by atoms with Gasteiger partial charge in [-0.2, -0.15) is 5.10 Å². The van der Waals surface area contributed by atoms with Gasteiger partial charge in [0.05, 0.1) is 25.5 Å². The van der Waals surface area contributed by atoms with Gasteiger partial charge >= 0.3 is 0 Å². The summed E-state index contributed by atoms with van der Waals surface area (Å²) in [7, 11) is 2.94. The number of aromatic nitrogens is 3. The van der Waals surface area contributed by atoms with Crippen molar-refractivity contribution in [2.24, 2.45) is 0 Å². The molecular weight excluding hydrogens is 382 g/mol. The summed E-state index contributed by atoms with van der Waals surface area (Å²) in [5, 5.41) is 8.72. The summed E-state index contributed by atoms with van der Waals surface area (Å²) in [4.78, 5) is 16.3. The second-order valence-electron chi connectivity index (χ2n) is 5.14. The molecule has 1 amide bonds. The Kier molecular flexibility index (Phi) is 6.30. The van der Waals surface area contributed by atoms with Crippen molar-refractivity contribution in [2.45, 2.75) is 0 Å². The van der Waals surface area contributed by atoms with Crippen LogP contribution in [-0.4, -0.2) is 35.3 Å². The van der Waals surface area contributed by atoms with Crippen LogP contribution in [0.3, 0.4) is 0 Å². The smallest absolute Gasteiger partial charge is 0.273 e. The van der Waals surface area contributed by atoms with Crippen molar-refractivity contribution in [1.29, 1.82) is 0 Å². The number of rotatable bonds is 5. The fourth-order valence-corrected chi connectivity index (χ4v) is 2.27. The van der Waals surface area contributed by atoms with Crippen LogP contribution in [0.2, 0.25) is 0 Å². The first-order valence-electron chi connectivity index (χ1n) is 7.42. The van der Waals surface area contributed by atoms with Gasteiger partial charge in [-0.05, 0) is 18.2 Å². The fourth-order valence-electron chi connectivity index (χ4n) is 2.27. The van der Waals surface area contributed by atoms with Crippen LogP contribution >= 0.6 is 12.4 Å². The van der Waals surface area contributed by atoms with Crippen LogP contribution in [0.15, 0.2) is 36.5 Å². The molecule has 0 saturated carbocycles. The van der Waals surface area contributed by atoms with Gasteiger partial charge in [0.15, 0.2) is 0 Å². The predicted octanol–water partition coefficient (Wildman–Crippen LogP) is 3.44. The van der Waals surface area contributed by atoms with E-state index >= 15 is 0 Å². The Hall–Kier alpha value is -3.20. The number of nitrogens with zero attached hydrogens (tertiary/aromatic N) is 2. The lowest BCUT2D eigenvalue weighted by atomic mass is 10.2. The average molecular weight is 397 g/mol. The number of carbonyl (C=O) groups is 1. The summed E-state index contributed by atoms with van der Waals surface area (Å²) >= 11 is 0. The molecule has 2 N–H and O–H groups in total. The van der Waals surface area contributed by atoms with E-state index < -0.39 is 23.2 Å². The first-order chi connectivity index (χ1) is 12.5. The van der Waals surface area contributed by atoms with Crippen LogP contribution in [0.25, 0.3) is 11.3 Å². The third kappa shape index (κ3) is 4.14. The number of ether oxygens (including phenoxy) is 2. The van der Waals surface area contributed by atoms with E-state index in [2.05, 4.69) is 20.5 Å². The maximum atomic E-state index is 13.6. The molecule has 7 nitrogen and oxygen atoms in total. The number of halogens is 3. The molecule has 0 aliphatic heterocycles. The first kappa shape index (κ1) is 20.1. The minimum absolute atomic E-state index is 0. The standard InChI is InChI=1S/C17H14F2N4O3.ClH/c1-25-14-7-15(26-2)20-8-9(14)12-6-13(23-22-12)17(24)21-16-10(18)4-3-5-11(16)19;/h3-8H,1-2H3,(H,21,24)(H,22,23);1H. The van der Waals surface area contributed by atoms with E-state index in [1.807, 2.05) is 0 Å². The van der Waals surface area contributed by atoms with Crippen molar-refractivity contribution in [3.05, 3.63) is 53.9 Å². The van der Waals surface area contributed by atoms with Gasteiger partial charge < -0.3 is 14.8 Å². The minimum atomic E-state index is -0.876. The Morgan fingerprint density at radius 2 is 1.85 bits per heavy atom. The quantitative estimate of drug-likeness (QED) is 0.689. The molecule has 0 fully saturated rings. The van der Waals surface area contributed by atoms with Crippen molar-refractivity contribution >= 4 is 24.0 Å². The van der Waals surface area contributed by atoms with E-state index in [-0.39, 0.29) is 18.1 Å². The molecule has 0 spiro atoms. The van der Waals surface area contributed by atoms with E-state index in [9.17, 15) is 13.6 Å². The van der Waals surface area contributed by atoms with Crippen molar-refractivity contribution in [3.63, 3.8) is 0 Å². The van der Waals surface area contributed by atoms with Crippen molar-refractivity contribution < 1.29 is 23.0 Å². The van der Waals surface area contributed by atoms with Gasteiger partial charge in [-0.25, -0.2) is 13.8 Å². The maximum Gasteiger partial charge on any atom is 0.273 e. The minimum Gasteiger partial charge on any atom is -0.496 e. The Morgan fingerprint density at radius 1 is 1.15 bits per heavy atom. The van der Waals surface area contributed by atoms with E-state index in [1.165, 1.54) is 32.5 Å². The van der Waals surface area contributed by atoms with E-state index in [0.29, 0.717) is 22.9 Å². The second-order valence-corrected chi connectivity index (χ2v) is 5.14. The lowest BCUT2D eigenvalue weighted by molar-refractivity contribution is 0.102. The van der Waals surface area contributed by atoms with Gasteiger partial charge in [-0.1, -0.05) is 6.07 Å². The van der Waals surface area contributed by atoms with Gasteiger partial charge in [0.2, 0.25) is 5.88 Å². The number of aromatic amines is 1. The number of methoxy groups -OCH3 is 2. The molecule has 0 aliphatic carbocycles. The maximum absolute atomic E-state index is 13.6. The fraction of sp³-hybridized carbons (Fsp3) is 0.118. The van der Waals surface area contributed by atoms with Crippen LogP contribution < -0.4 is 14.8 Å². The van der Waals surface area contributed by atoms with Crippen LogP contribution in [0.4, 0.5) is 14.5 Å². The summed E-state index contributed by atoms with van der Waals surface area (Å²) in [6.45, 7) is 0. The molecular formula is C17H15ClF2N4O3. The van der Waals surface area contributed by atoms with Crippen molar-refractivity contribution in [3.8, 4) is 22.9 Å². The number of nitrogens with one attached hydrogen (secondary N) is 2. The third-order valence-corrected chi connectivity index (χ3v) is 3.57. The zero-order chi connectivity index (χ0) is 18.7. The highest BCUT2D eigenvalue weighted by Gasteiger charge is 2.18. The lowest BCUT2D eigenvalue weighted by Crippen LogP contribution is -2.14. The Morgan fingerprint density at radius 3 is 2.48 bits per heavy atom. The summed E-state index contributed by atoms with van der Waals surface area (Å²) < 4.78 is 37.6. The summed E-state index contributed by atoms with van der Waals surface area (Å²) in [5.41, 5.74) is 0.370. The zero-order valence-corrected chi connectivity index (χ0v) is 15.1. The third-order valence-electron chi connectivity index (χ3n) is 3.57. The molecule has 0 radical (unpaired) electrons. The molecule has 142 valence electrons. The molecule has 2 aromatic heterocycles. The number of pyridine rings is 1. The summed E-state index contributed by atoms with van der Waals surface area (Å²) in [6, 6.07) is 6.28. The number of benzene rings is 1. The summed E-state index contributed by atoms with van der Waals surface area (Å²) in [6.07, 6.45) is 1.48. The molecule has 0 bridgehead atoms. The van der Waals surface area contributed by atoms with Gasteiger partial charge in [0.25, 0.3) is 5.91 Å². The van der Waals surface area contributed by atoms with Crippen LogP contribution in [0.1, 0.15) is 10.5 Å². The second kappa shape index (κ2) is 8.45. The highest BCUT2D eigenvalue weighted by atomic mass is 35.5. The number of hydrogen-bond donors (Lipinski definition) is 2. The zero-order valence-electron chi connectivity index (χ0n) is 14.2. The number of para-hydroxylation sites is 1. The highest BCUT2D eigenvalue weighted by Crippen LogP contribution is 2.31. The van der Waals surface area contributed by atoms with Gasteiger partial charge in [0, 0.05) is 12.3 Å². The Bertz CT molecular complexity index is 945. The number of amides is 1. The number of carbonyl (C=O) groups excluding carboxylic acids is 1. The van der Waals surface area contributed by atoms with Gasteiger partial charge in [0.1, 0.15) is 28.8 Å². The first-order valence-corrected chi connectivity index (χ1v) is 7.42. The largest absolute Gasteiger partial charge is 0.496 e. The van der Waals surface area contributed by atoms with Gasteiger partial charge in [-0.15, -0.1) is 12.4 Å². The lowest BCUT2D eigenvalue weighted by Gasteiger charge is -2.07. The van der Waals surface area contributed by atoms with Crippen molar-refractivity contribution in [1.82, 2.24) is 15.2 Å². The molecule has 10 heteroatoms. The number of hydrogen-bond acceptors (Lipinski definition) is 5. The molecule has 0 saturated heterocycles. The molecule has 0 atom stereocenters. The highest BCUT2D eigenvalue weighted by molar-refractivity contribution is 6.03. The Balaban J connectivity index is 0.00000261. The molecule has 1 aromatic carbocycles. The predicted molar refractivity (Wildman–Crippen MR) is 96.5 cm³/mol. The molecule has 3 rings (SSSR count). The molecule has 3 aromatic rings. The molecule has 0 aliphatic rings. The normalized spacial score (nSPS) is 10.1. The van der Waals surface area contributed by atoms with Gasteiger partial charge in [-0.3, -0.25) is 9.89 Å². The Labute approximate surface area is 159 Å². The molecule has 0 unspecified atom stereocenters. The van der Waals surface area contributed by atoms with E-state index in [0.717, 1.165) is 12.1 Å². The van der Waals surface area contributed by atoms with Crippen LogP contribution in [0.5, 0.6) is 11.6 Å². The molecule has 2 heterocycles. The van der Waals surface area contributed by atoms with E-state index in [1.54, 1.807) is 6.07 Å². The monoisotopic (exact) mass is 396 g/mol.